The van der Waals surface area contributed by atoms with Crippen molar-refractivity contribution < 1.29 is 37.0 Å². The molecule has 0 saturated carbocycles. The van der Waals surface area contributed by atoms with Crippen LogP contribution in [0.1, 0.15) is 11.1 Å². The molecule has 0 aliphatic carbocycles. The number of hydrogen-bond acceptors (Lipinski definition) is 5. The molecule has 0 spiro atoms. The van der Waals surface area contributed by atoms with Crippen LogP contribution in [0.2, 0.25) is 0 Å². The Morgan fingerprint density at radius 1 is 1.00 bits per heavy atom. The Bertz CT molecular complexity index is 782. The Morgan fingerprint density at radius 2 is 1.59 bits per heavy atom. The number of nitrogens with zero attached hydrogens (tertiary/aromatic N) is 2. The molecule has 11 heteroatoms. The fraction of sp³-hybridized carbons (Fsp3) is 0.476. The first-order valence-electron chi connectivity index (χ1n) is 9.71. The van der Waals surface area contributed by atoms with Crippen LogP contribution >= 0.6 is 0 Å². The lowest BCUT2D eigenvalue weighted by molar-refractivity contribution is -0.140. The van der Waals surface area contributed by atoms with Crippen molar-refractivity contribution in [3.8, 4) is 0 Å². The Hall–Kier alpha value is -2.92. The average Bonchev–Trinajstić information content (AvgIpc) is 2.76. The number of hydrogen-bond donors (Lipinski definition) is 1. The van der Waals surface area contributed by atoms with E-state index in [9.17, 15) is 27.6 Å². The molecule has 32 heavy (non-hydrogen) atoms. The molecule has 0 heterocycles. The number of carbonyl (C=O) groups is 3. The standard InChI is InChI=1S/C21H28F3N3O5/c1-26(10-12-31-2)20(30)15-27(11-13-32-3)19(29)14-25-18(28)9-6-16-4-7-17(8-5-16)21(22,23)24/h4-9H,10-15H2,1-3H3,(H,25,28)/b9-6+. The Kier molecular flexibility index (Phi) is 11.4. The summed E-state index contributed by atoms with van der Waals surface area (Å²) < 4.78 is 47.6. The molecular formula is C21H28F3N3O5. The Labute approximate surface area is 184 Å². The quantitative estimate of drug-likeness (QED) is 0.478. The minimum absolute atomic E-state index is 0.163. The summed E-state index contributed by atoms with van der Waals surface area (Å²) in [6.45, 7) is 0.566. The van der Waals surface area contributed by atoms with Gasteiger partial charge in [0.25, 0.3) is 0 Å². The lowest BCUT2D eigenvalue weighted by Crippen LogP contribution is -2.47. The molecule has 0 radical (unpaired) electrons. The summed E-state index contributed by atoms with van der Waals surface area (Å²) >= 11 is 0. The van der Waals surface area contributed by atoms with E-state index in [2.05, 4.69) is 5.32 Å². The van der Waals surface area contributed by atoms with Crippen LogP contribution in [0, 0.1) is 0 Å². The molecule has 0 saturated heterocycles. The van der Waals surface area contributed by atoms with Crippen molar-refractivity contribution in [1.82, 2.24) is 15.1 Å². The van der Waals surface area contributed by atoms with Gasteiger partial charge in [-0.2, -0.15) is 13.2 Å². The van der Waals surface area contributed by atoms with Crippen LogP contribution in [0.15, 0.2) is 30.3 Å². The minimum atomic E-state index is -4.44. The van der Waals surface area contributed by atoms with Gasteiger partial charge in [-0.1, -0.05) is 12.1 Å². The number of alkyl halides is 3. The largest absolute Gasteiger partial charge is 0.416 e. The van der Waals surface area contributed by atoms with Crippen LogP contribution in [0.4, 0.5) is 13.2 Å². The van der Waals surface area contributed by atoms with Gasteiger partial charge in [-0.05, 0) is 23.8 Å². The summed E-state index contributed by atoms with van der Waals surface area (Å²) in [7, 11) is 4.57. The second-order valence-electron chi connectivity index (χ2n) is 6.79. The maximum atomic E-state index is 12.6. The second kappa shape index (κ2) is 13.5. The van der Waals surface area contributed by atoms with Crippen LogP contribution in [0.3, 0.4) is 0 Å². The molecule has 178 valence electrons. The van der Waals surface area contributed by atoms with Gasteiger partial charge in [0.2, 0.25) is 17.7 Å². The van der Waals surface area contributed by atoms with E-state index >= 15 is 0 Å². The van der Waals surface area contributed by atoms with E-state index < -0.39 is 23.6 Å². The first-order chi connectivity index (χ1) is 15.1. The number of rotatable bonds is 12. The van der Waals surface area contributed by atoms with Crippen LogP contribution in [0.5, 0.6) is 0 Å². The smallest absolute Gasteiger partial charge is 0.383 e. The van der Waals surface area contributed by atoms with Crippen molar-refractivity contribution >= 4 is 23.8 Å². The molecule has 0 atom stereocenters. The van der Waals surface area contributed by atoms with E-state index in [1.165, 1.54) is 42.2 Å². The van der Waals surface area contributed by atoms with Gasteiger partial charge in [0.05, 0.1) is 31.9 Å². The topological polar surface area (TPSA) is 88.2 Å². The van der Waals surface area contributed by atoms with Gasteiger partial charge in [-0.15, -0.1) is 0 Å². The maximum absolute atomic E-state index is 12.6. The summed E-state index contributed by atoms with van der Waals surface area (Å²) in [6, 6.07) is 4.29. The molecule has 0 aliphatic rings. The highest BCUT2D eigenvalue weighted by molar-refractivity contribution is 5.94. The van der Waals surface area contributed by atoms with E-state index in [-0.39, 0.29) is 32.1 Å². The third kappa shape index (κ3) is 9.92. The zero-order valence-electron chi connectivity index (χ0n) is 18.3. The van der Waals surface area contributed by atoms with Gasteiger partial charge in [0.15, 0.2) is 0 Å². The summed E-state index contributed by atoms with van der Waals surface area (Å²) in [5.74, 6) is -1.37. The number of methoxy groups -OCH3 is 2. The van der Waals surface area contributed by atoms with Crippen LogP contribution in [-0.2, 0) is 30.0 Å². The van der Waals surface area contributed by atoms with Gasteiger partial charge in [0, 0.05) is 40.4 Å². The lowest BCUT2D eigenvalue weighted by atomic mass is 10.1. The number of ether oxygens (including phenoxy) is 2. The van der Waals surface area contributed by atoms with E-state index in [0.29, 0.717) is 18.7 Å². The molecule has 3 amide bonds. The molecule has 0 fully saturated rings. The molecule has 0 aliphatic heterocycles. The van der Waals surface area contributed by atoms with E-state index in [1.54, 1.807) is 7.05 Å². The third-order valence-corrected chi connectivity index (χ3v) is 4.38. The SMILES string of the molecule is COCCN(C)C(=O)CN(CCOC)C(=O)CNC(=O)/C=C/c1ccc(C(F)(F)F)cc1. The second-order valence-corrected chi connectivity index (χ2v) is 6.79. The molecular weight excluding hydrogens is 431 g/mol. The van der Waals surface area contributed by atoms with Crippen molar-refractivity contribution in [1.29, 1.82) is 0 Å². The zero-order chi connectivity index (χ0) is 24.1. The number of likely N-dealkylation sites (N-methyl/N-ethyl adjacent to an activating group) is 1. The van der Waals surface area contributed by atoms with E-state index in [1.807, 2.05) is 0 Å². The molecule has 8 nitrogen and oxygen atoms in total. The molecule has 0 aromatic heterocycles. The first kappa shape index (κ1) is 27.1. The van der Waals surface area contributed by atoms with E-state index in [4.69, 9.17) is 9.47 Å². The summed E-state index contributed by atoms with van der Waals surface area (Å²) in [5, 5.41) is 2.40. The van der Waals surface area contributed by atoms with Gasteiger partial charge >= 0.3 is 6.18 Å². The van der Waals surface area contributed by atoms with Crippen LogP contribution in [-0.4, -0.2) is 88.2 Å². The first-order valence-corrected chi connectivity index (χ1v) is 9.71. The number of nitrogens with one attached hydrogen (secondary N) is 1. The molecule has 0 unspecified atom stereocenters. The predicted octanol–water partition coefficient (Wildman–Crippen LogP) is 1.41. The zero-order valence-corrected chi connectivity index (χ0v) is 18.3. The van der Waals surface area contributed by atoms with Crippen molar-refractivity contribution in [2.75, 3.05) is 60.7 Å². The molecule has 1 aromatic carbocycles. The maximum Gasteiger partial charge on any atom is 0.416 e. The summed E-state index contributed by atoms with van der Waals surface area (Å²) in [5.41, 5.74) is -0.394. The summed E-state index contributed by atoms with van der Waals surface area (Å²) in [6.07, 6.45) is -2.00. The van der Waals surface area contributed by atoms with Crippen molar-refractivity contribution in [3.63, 3.8) is 0 Å². The molecule has 1 N–H and O–H groups in total. The van der Waals surface area contributed by atoms with Crippen LogP contribution in [0.25, 0.3) is 6.08 Å². The highest BCUT2D eigenvalue weighted by Crippen LogP contribution is 2.29. The highest BCUT2D eigenvalue weighted by atomic mass is 19.4. The number of halogens is 3. The summed E-state index contributed by atoms with van der Waals surface area (Å²) in [4.78, 5) is 39.4. The Balaban J connectivity index is 2.61. The predicted molar refractivity (Wildman–Crippen MR) is 111 cm³/mol. The van der Waals surface area contributed by atoms with Gasteiger partial charge in [0.1, 0.15) is 0 Å². The third-order valence-electron chi connectivity index (χ3n) is 4.38. The monoisotopic (exact) mass is 459 g/mol. The van der Waals surface area contributed by atoms with Gasteiger partial charge in [-0.25, -0.2) is 0 Å². The fourth-order valence-electron chi connectivity index (χ4n) is 2.42. The van der Waals surface area contributed by atoms with Crippen molar-refractivity contribution in [3.05, 3.63) is 41.5 Å². The normalized spacial score (nSPS) is 11.4. The van der Waals surface area contributed by atoms with Gasteiger partial charge < -0.3 is 24.6 Å². The number of carbonyl (C=O) groups excluding carboxylic acids is 3. The molecule has 1 rings (SSSR count). The number of benzene rings is 1. The lowest BCUT2D eigenvalue weighted by Gasteiger charge is -2.25. The Morgan fingerprint density at radius 3 is 2.16 bits per heavy atom. The molecule has 1 aromatic rings. The van der Waals surface area contributed by atoms with Crippen LogP contribution < -0.4 is 5.32 Å². The van der Waals surface area contributed by atoms with Crippen molar-refractivity contribution in [2.45, 2.75) is 6.18 Å². The van der Waals surface area contributed by atoms with Gasteiger partial charge in [-0.3, -0.25) is 14.4 Å². The van der Waals surface area contributed by atoms with Crippen molar-refractivity contribution in [2.24, 2.45) is 0 Å². The average molecular weight is 459 g/mol. The van der Waals surface area contributed by atoms with E-state index in [0.717, 1.165) is 18.2 Å². The number of amides is 3. The minimum Gasteiger partial charge on any atom is -0.383 e. The fourth-order valence-corrected chi connectivity index (χ4v) is 2.42. The molecule has 0 bridgehead atoms. The highest BCUT2D eigenvalue weighted by Gasteiger charge is 2.29.